The zero-order chi connectivity index (χ0) is 28.8. The number of fused-ring (bicyclic) bond motifs is 1. The first kappa shape index (κ1) is 29.3. The Bertz CT molecular complexity index is 2070. The first-order chi connectivity index (χ1) is 20.4. The van der Waals surface area contributed by atoms with Crippen molar-refractivity contribution in [1.29, 1.82) is 0 Å². The van der Waals surface area contributed by atoms with Crippen LogP contribution in [0.4, 0.5) is 0 Å². The third kappa shape index (κ3) is 5.88. The minimum absolute atomic E-state index is 0. The van der Waals surface area contributed by atoms with E-state index < -0.39 is 17.5 Å². The van der Waals surface area contributed by atoms with E-state index in [-0.39, 0.29) is 70.9 Å². The van der Waals surface area contributed by atoms with Crippen LogP contribution in [0.15, 0.2) is 89.7 Å². The second kappa shape index (κ2) is 12.1. The fourth-order valence-electron chi connectivity index (χ4n) is 5.16. The van der Waals surface area contributed by atoms with Crippen LogP contribution in [0.2, 0.25) is 0 Å². The Hall–Kier alpha value is -3.81. The Balaban J connectivity index is 0.00000192. The van der Waals surface area contributed by atoms with Crippen molar-refractivity contribution in [2.75, 3.05) is 0 Å². The number of aromatic nitrogens is 4. The van der Waals surface area contributed by atoms with Crippen LogP contribution in [0.25, 0.3) is 33.5 Å². The van der Waals surface area contributed by atoms with Gasteiger partial charge in [-0.25, -0.2) is 19.4 Å². The zero-order valence-corrected chi connectivity index (χ0v) is 26.6. The van der Waals surface area contributed by atoms with Gasteiger partial charge >= 0.3 is 68.9 Å². The molecule has 0 aliphatic heterocycles. The van der Waals surface area contributed by atoms with Crippen LogP contribution in [-0.4, -0.2) is 25.7 Å². The SMILES string of the molecule is Cc1oc(=O)oc1COC(=O)c1cccc2nc(C3CC3)n(Cc3ccc(-c4ccccc4-c4noc(=O)[nH]4)cc3)c12.[H-].[K+]. The fraction of sp³-hybridized carbons (Fsp3) is 0.194. The summed E-state index contributed by atoms with van der Waals surface area (Å²) in [5.41, 5.74) is 5.40. The summed E-state index contributed by atoms with van der Waals surface area (Å²) >= 11 is 0. The molecule has 12 heteroatoms. The molecular formula is C31H25KN4O7. The van der Waals surface area contributed by atoms with Crippen molar-refractivity contribution in [2.45, 2.75) is 38.8 Å². The molecule has 0 unspecified atom stereocenters. The summed E-state index contributed by atoms with van der Waals surface area (Å²) in [5, 5.41) is 3.84. The number of hydrogen-bond acceptors (Lipinski definition) is 9. The van der Waals surface area contributed by atoms with E-state index in [1.54, 1.807) is 19.1 Å². The molecule has 1 aliphatic rings. The Morgan fingerprint density at radius 1 is 1.02 bits per heavy atom. The summed E-state index contributed by atoms with van der Waals surface area (Å²) < 4.78 is 22.1. The van der Waals surface area contributed by atoms with Crippen molar-refractivity contribution >= 4 is 17.0 Å². The number of H-pyrrole nitrogens is 1. The third-order valence-corrected chi connectivity index (χ3v) is 7.36. The molecule has 1 aliphatic carbocycles. The quantitative estimate of drug-likeness (QED) is 0.204. The van der Waals surface area contributed by atoms with Crippen molar-refractivity contribution in [2.24, 2.45) is 0 Å². The van der Waals surface area contributed by atoms with Crippen LogP contribution in [0.1, 0.15) is 53.5 Å². The minimum atomic E-state index is -0.838. The standard InChI is InChI=1S/C31H24N4O7.K.H/c1-17-25(41-31(38)40-17)16-39-29(36)23-7-4-8-24-26(23)35(28(32-24)20-13-14-20)15-18-9-11-19(12-10-18)21-5-2-3-6-22(21)27-33-30(37)42-34-27;;/h2-12,20H,13-16H2,1H3,(H,33,34,37);;/q;+1;-1. The van der Waals surface area contributed by atoms with E-state index in [2.05, 4.69) is 14.7 Å². The molecule has 0 amide bonds. The summed E-state index contributed by atoms with van der Waals surface area (Å²) in [5.74, 6) is 0.0762. The van der Waals surface area contributed by atoms with Gasteiger partial charge in [0.25, 0.3) is 0 Å². The molecule has 43 heavy (non-hydrogen) atoms. The number of carbonyl (C=O) groups is 1. The number of benzene rings is 3. The van der Waals surface area contributed by atoms with E-state index in [0.29, 0.717) is 34.9 Å². The minimum Gasteiger partial charge on any atom is -1.00 e. The van der Waals surface area contributed by atoms with Crippen molar-refractivity contribution in [1.82, 2.24) is 19.7 Å². The third-order valence-electron chi connectivity index (χ3n) is 7.36. The molecule has 0 spiro atoms. The van der Waals surface area contributed by atoms with Gasteiger partial charge in [-0.2, -0.15) is 0 Å². The van der Waals surface area contributed by atoms with E-state index in [9.17, 15) is 14.4 Å². The van der Waals surface area contributed by atoms with E-state index in [4.69, 9.17) is 23.1 Å². The number of aromatic amines is 1. The number of rotatable bonds is 8. The fourth-order valence-corrected chi connectivity index (χ4v) is 5.16. The van der Waals surface area contributed by atoms with Gasteiger partial charge in [-0.3, -0.25) is 9.51 Å². The Labute approximate surface area is 287 Å². The van der Waals surface area contributed by atoms with Crippen LogP contribution < -0.4 is 63.0 Å². The zero-order valence-electron chi connectivity index (χ0n) is 24.5. The van der Waals surface area contributed by atoms with Crippen LogP contribution in [0.3, 0.4) is 0 Å². The Morgan fingerprint density at radius 2 is 1.79 bits per heavy atom. The number of imidazole rings is 1. The monoisotopic (exact) mass is 604 g/mol. The summed E-state index contributed by atoms with van der Waals surface area (Å²) in [6, 6.07) is 21.1. The molecule has 0 bridgehead atoms. The molecule has 1 fully saturated rings. The molecular weight excluding hydrogens is 579 g/mol. The van der Waals surface area contributed by atoms with E-state index in [0.717, 1.165) is 40.9 Å². The summed E-state index contributed by atoms with van der Waals surface area (Å²) in [7, 11) is 0. The Morgan fingerprint density at radius 3 is 2.47 bits per heavy atom. The van der Waals surface area contributed by atoms with Gasteiger partial charge in [0.05, 0.1) is 16.6 Å². The number of hydrogen-bond donors (Lipinski definition) is 1. The van der Waals surface area contributed by atoms with Crippen molar-refractivity contribution in [3.63, 3.8) is 0 Å². The van der Waals surface area contributed by atoms with Gasteiger partial charge in [0, 0.05) is 18.0 Å². The first-order valence-corrected chi connectivity index (χ1v) is 13.4. The normalized spacial score (nSPS) is 12.8. The summed E-state index contributed by atoms with van der Waals surface area (Å²) in [6.45, 7) is 1.85. The maximum Gasteiger partial charge on any atom is 1.00 e. The number of para-hydroxylation sites is 1. The van der Waals surface area contributed by atoms with Crippen LogP contribution in [-0.2, 0) is 17.9 Å². The average molecular weight is 605 g/mol. The molecule has 7 rings (SSSR count). The van der Waals surface area contributed by atoms with E-state index in [1.807, 2.05) is 54.6 Å². The van der Waals surface area contributed by atoms with E-state index in [1.165, 1.54) is 0 Å². The average Bonchev–Trinajstić information content (AvgIpc) is 3.52. The Kier molecular flexibility index (Phi) is 8.20. The number of ether oxygens (including phenoxy) is 1. The number of nitrogens with one attached hydrogen (secondary N) is 1. The topological polar surface area (TPSA) is 146 Å². The number of esters is 1. The molecule has 11 nitrogen and oxygen atoms in total. The number of aryl methyl sites for hydroxylation is 1. The largest absolute Gasteiger partial charge is 1.00 e. The molecule has 3 aromatic heterocycles. The number of nitrogens with zero attached hydrogens (tertiary/aromatic N) is 3. The molecule has 0 atom stereocenters. The molecule has 3 aromatic carbocycles. The summed E-state index contributed by atoms with van der Waals surface area (Å²) in [6.07, 6.45) is 2.09. The van der Waals surface area contributed by atoms with E-state index >= 15 is 0 Å². The molecule has 212 valence electrons. The predicted octanol–water partition coefficient (Wildman–Crippen LogP) is 2.30. The second-order valence-electron chi connectivity index (χ2n) is 10.2. The van der Waals surface area contributed by atoms with Crippen molar-refractivity contribution in [3.8, 4) is 22.5 Å². The molecule has 1 N–H and O–H groups in total. The predicted molar refractivity (Wildman–Crippen MR) is 151 cm³/mol. The second-order valence-corrected chi connectivity index (χ2v) is 10.2. The van der Waals surface area contributed by atoms with Gasteiger partial charge in [-0.05, 0) is 48.6 Å². The van der Waals surface area contributed by atoms with Crippen LogP contribution in [0, 0.1) is 6.92 Å². The van der Waals surface area contributed by atoms with Gasteiger partial charge in [-0.15, -0.1) is 0 Å². The van der Waals surface area contributed by atoms with Gasteiger partial charge in [0.15, 0.2) is 24.0 Å². The molecule has 0 saturated heterocycles. The van der Waals surface area contributed by atoms with Crippen molar-refractivity contribution < 1.29 is 75.7 Å². The molecule has 6 aromatic rings. The number of carbonyl (C=O) groups excluding carboxylic acids is 1. The maximum atomic E-state index is 13.3. The van der Waals surface area contributed by atoms with Crippen LogP contribution in [0.5, 0.6) is 0 Å². The van der Waals surface area contributed by atoms with Gasteiger partial charge in [-0.1, -0.05) is 59.8 Å². The smallest absolute Gasteiger partial charge is 1.00 e. The maximum absolute atomic E-state index is 13.3. The van der Waals surface area contributed by atoms with Crippen LogP contribution >= 0.6 is 0 Å². The van der Waals surface area contributed by atoms with Gasteiger partial charge in [0.2, 0.25) is 0 Å². The van der Waals surface area contributed by atoms with Gasteiger partial charge < -0.3 is 19.6 Å². The summed E-state index contributed by atoms with van der Waals surface area (Å²) in [4.78, 5) is 43.7. The first-order valence-electron chi connectivity index (χ1n) is 13.4. The molecule has 3 heterocycles. The molecule has 1 saturated carbocycles. The van der Waals surface area contributed by atoms with Gasteiger partial charge in [0.1, 0.15) is 5.82 Å². The molecule has 0 radical (unpaired) electrons. The van der Waals surface area contributed by atoms with Crippen molar-refractivity contribution in [3.05, 3.63) is 116 Å².